The Morgan fingerprint density at radius 1 is 1.05 bits per heavy atom. The van der Waals surface area contributed by atoms with Gasteiger partial charge in [-0.1, -0.05) is 11.6 Å². The molecule has 0 amide bonds. The van der Waals surface area contributed by atoms with Crippen LogP contribution in [0.4, 0.5) is 21.5 Å². The molecule has 0 aliphatic rings. The predicted molar refractivity (Wildman–Crippen MR) is 80.8 cm³/mol. The number of nitrogens with two attached hydrogens (primary N) is 1. The van der Waals surface area contributed by atoms with Crippen molar-refractivity contribution in [2.75, 3.05) is 11.1 Å². The van der Waals surface area contributed by atoms with Crippen LogP contribution in [-0.2, 0) is 0 Å². The summed E-state index contributed by atoms with van der Waals surface area (Å²) < 4.78 is 13.1. The second-order valence-electron chi connectivity index (χ2n) is 4.37. The van der Waals surface area contributed by atoms with Crippen molar-refractivity contribution in [1.29, 1.82) is 0 Å². The van der Waals surface area contributed by atoms with Crippen molar-refractivity contribution in [3.63, 3.8) is 0 Å². The molecule has 0 atom stereocenters. The van der Waals surface area contributed by atoms with Gasteiger partial charge < -0.3 is 11.1 Å². The summed E-state index contributed by atoms with van der Waals surface area (Å²) in [6.07, 6.45) is 3.40. The molecule has 0 radical (unpaired) electrons. The van der Waals surface area contributed by atoms with E-state index in [9.17, 15) is 4.39 Å². The highest BCUT2D eigenvalue weighted by Gasteiger charge is 2.07. The monoisotopic (exact) mass is 287 g/mol. The van der Waals surface area contributed by atoms with Gasteiger partial charge >= 0.3 is 0 Å². The van der Waals surface area contributed by atoms with Crippen LogP contribution in [0.25, 0.3) is 10.8 Å². The second-order valence-corrected chi connectivity index (χ2v) is 4.78. The van der Waals surface area contributed by atoms with Gasteiger partial charge in [0.25, 0.3) is 0 Å². The van der Waals surface area contributed by atoms with Gasteiger partial charge in [0.05, 0.1) is 10.7 Å². The van der Waals surface area contributed by atoms with Crippen molar-refractivity contribution in [1.82, 2.24) is 4.98 Å². The van der Waals surface area contributed by atoms with Crippen molar-refractivity contribution in [3.05, 3.63) is 59.6 Å². The number of hydrogen-bond acceptors (Lipinski definition) is 3. The first-order valence-corrected chi connectivity index (χ1v) is 6.37. The molecule has 5 heteroatoms. The maximum atomic E-state index is 13.1. The lowest BCUT2D eigenvalue weighted by Gasteiger charge is -2.12. The molecule has 3 rings (SSSR count). The molecule has 3 aromatic rings. The summed E-state index contributed by atoms with van der Waals surface area (Å²) in [5.74, 6) is -0.369. The standard InChI is InChI=1S/C15H11ClFN3/c16-12-7-9(17)1-3-15(12)20-14-4-2-13(18)11-8-19-6-5-10(11)14/h1-8,20H,18H2. The Morgan fingerprint density at radius 2 is 1.85 bits per heavy atom. The number of anilines is 3. The first-order chi connectivity index (χ1) is 9.65. The first-order valence-electron chi connectivity index (χ1n) is 5.99. The average molecular weight is 288 g/mol. The number of hydrogen-bond donors (Lipinski definition) is 2. The number of pyridine rings is 1. The summed E-state index contributed by atoms with van der Waals surface area (Å²) in [5.41, 5.74) is 8.05. The number of nitrogens with zero attached hydrogens (tertiary/aromatic N) is 1. The number of fused-ring (bicyclic) bond motifs is 1. The molecular formula is C15H11ClFN3. The molecule has 3 N–H and O–H groups in total. The quantitative estimate of drug-likeness (QED) is 0.689. The molecule has 100 valence electrons. The van der Waals surface area contributed by atoms with Gasteiger partial charge in [-0.3, -0.25) is 4.98 Å². The first kappa shape index (κ1) is 12.7. The van der Waals surface area contributed by atoms with Crippen LogP contribution in [0.3, 0.4) is 0 Å². The molecule has 20 heavy (non-hydrogen) atoms. The number of rotatable bonds is 2. The van der Waals surface area contributed by atoms with Crippen LogP contribution in [0.5, 0.6) is 0 Å². The predicted octanol–water partition coefficient (Wildman–Crippen LogP) is 4.35. The topological polar surface area (TPSA) is 50.9 Å². The Morgan fingerprint density at radius 3 is 2.65 bits per heavy atom. The second kappa shape index (κ2) is 4.98. The van der Waals surface area contributed by atoms with Crippen LogP contribution in [0.1, 0.15) is 0 Å². The summed E-state index contributed by atoms with van der Waals surface area (Å²) in [5, 5.41) is 5.30. The Bertz CT molecular complexity index is 789. The van der Waals surface area contributed by atoms with E-state index in [1.54, 1.807) is 24.5 Å². The molecule has 0 saturated carbocycles. The van der Waals surface area contributed by atoms with E-state index in [1.807, 2.05) is 12.1 Å². The van der Waals surface area contributed by atoms with Gasteiger partial charge in [0.15, 0.2) is 0 Å². The maximum Gasteiger partial charge on any atom is 0.124 e. The molecule has 0 saturated heterocycles. The lowest BCUT2D eigenvalue weighted by Crippen LogP contribution is -1.95. The van der Waals surface area contributed by atoms with E-state index in [-0.39, 0.29) is 5.82 Å². The molecule has 1 aromatic heterocycles. The van der Waals surface area contributed by atoms with Crippen molar-refractivity contribution < 1.29 is 4.39 Å². The fraction of sp³-hybridized carbons (Fsp3) is 0. The Hall–Kier alpha value is -2.33. The minimum absolute atomic E-state index is 0.323. The SMILES string of the molecule is Nc1ccc(Nc2ccc(F)cc2Cl)c2ccncc12. The Balaban J connectivity index is 2.09. The molecule has 3 nitrogen and oxygen atoms in total. The summed E-state index contributed by atoms with van der Waals surface area (Å²) in [7, 11) is 0. The highest BCUT2D eigenvalue weighted by atomic mass is 35.5. The Labute approximate surface area is 120 Å². The van der Waals surface area contributed by atoms with Crippen molar-refractivity contribution in [3.8, 4) is 0 Å². The van der Waals surface area contributed by atoms with Crippen molar-refractivity contribution in [2.45, 2.75) is 0 Å². The van der Waals surface area contributed by atoms with Gasteiger partial charge in [-0.2, -0.15) is 0 Å². The number of aromatic nitrogens is 1. The van der Waals surface area contributed by atoms with Crippen LogP contribution in [0, 0.1) is 5.82 Å². The molecule has 0 aliphatic carbocycles. The smallest absolute Gasteiger partial charge is 0.124 e. The summed E-state index contributed by atoms with van der Waals surface area (Å²) >= 11 is 6.02. The van der Waals surface area contributed by atoms with Crippen LogP contribution >= 0.6 is 11.6 Å². The molecule has 0 fully saturated rings. The van der Waals surface area contributed by atoms with E-state index in [1.165, 1.54) is 12.1 Å². The van der Waals surface area contributed by atoms with Gasteiger partial charge in [-0.05, 0) is 36.4 Å². The normalized spacial score (nSPS) is 10.7. The fourth-order valence-electron chi connectivity index (χ4n) is 2.06. The molecule has 1 heterocycles. The third kappa shape index (κ3) is 2.26. The molecular weight excluding hydrogens is 277 g/mol. The number of halogens is 2. The largest absolute Gasteiger partial charge is 0.398 e. The zero-order chi connectivity index (χ0) is 14.1. The van der Waals surface area contributed by atoms with Gasteiger partial charge in [0.1, 0.15) is 5.82 Å². The van der Waals surface area contributed by atoms with E-state index in [0.717, 1.165) is 16.5 Å². The average Bonchev–Trinajstić information content (AvgIpc) is 2.45. The maximum absolute atomic E-state index is 13.1. The van der Waals surface area contributed by atoms with E-state index >= 15 is 0 Å². The highest BCUT2D eigenvalue weighted by molar-refractivity contribution is 6.33. The number of benzene rings is 2. The summed E-state index contributed by atoms with van der Waals surface area (Å²) in [6, 6.07) is 9.74. The van der Waals surface area contributed by atoms with Gasteiger partial charge in [0.2, 0.25) is 0 Å². The van der Waals surface area contributed by atoms with E-state index < -0.39 is 0 Å². The third-order valence-corrected chi connectivity index (χ3v) is 3.36. The van der Waals surface area contributed by atoms with Crippen LogP contribution in [-0.4, -0.2) is 4.98 Å². The lowest BCUT2D eigenvalue weighted by molar-refractivity contribution is 0.628. The number of nitrogen functional groups attached to an aromatic ring is 1. The summed E-state index contributed by atoms with van der Waals surface area (Å²) in [6.45, 7) is 0. The minimum Gasteiger partial charge on any atom is -0.398 e. The third-order valence-electron chi connectivity index (χ3n) is 3.05. The van der Waals surface area contributed by atoms with Crippen LogP contribution < -0.4 is 11.1 Å². The van der Waals surface area contributed by atoms with Crippen LogP contribution in [0.2, 0.25) is 5.02 Å². The van der Waals surface area contributed by atoms with E-state index in [0.29, 0.717) is 16.4 Å². The summed E-state index contributed by atoms with van der Waals surface area (Å²) in [4.78, 5) is 4.07. The van der Waals surface area contributed by atoms with Gasteiger partial charge in [-0.25, -0.2) is 4.39 Å². The van der Waals surface area contributed by atoms with Crippen LogP contribution in [0.15, 0.2) is 48.8 Å². The van der Waals surface area contributed by atoms with Crippen molar-refractivity contribution in [2.24, 2.45) is 0 Å². The molecule has 0 bridgehead atoms. The zero-order valence-electron chi connectivity index (χ0n) is 10.4. The lowest BCUT2D eigenvalue weighted by atomic mass is 10.1. The molecule has 0 spiro atoms. The molecule has 0 aliphatic heterocycles. The molecule has 2 aromatic carbocycles. The van der Waals surface area contributed by atoms with E-state index in [4.69, 9.17) is 17.3 Å². The van der Waals surface area contributed by atoms with E-state index in [2.05, 4.69) is 10.3 Å². The highest BCUT2D eigenvalue weighted by Crippen LogP contribution is 2.32. The zero-order valence-corrected chi connectivity index (χ0v) is 11.2. The number of nitrogens with one attached hydrogen (secondary N) is 1. The molecule has 0 unspecified atom stereocenters. The fourth-order valence-corrected chi connectivity index (χ4v) is 2.27. The minimum atomic E-state index is -0.369. The van der Waals surface area contributed by atoms with Gasteiger partial charge in [-0.15, -0.1) is 0 Å². The Kier molecular flexibility index (Phi) is 3.16. The van der Waals surface area contributed by atoms with Gasteiger partial charge in [0, 0.05) is 34.5 Å². The van der Waals surface area contributed by atoms with Crippen molar-refractivity contribution >= 4 is 39.4 Å².